The third-order valence-corrected chi connectivity index (χ3v) is 3.51. The second kappa shape index (κ2) is 5.09. The van der Waals surface area contributed by atoms with E-state index in [-0.39, 0.29) is 0 Å². The van der Waals surface area contributed by atoms with Crippen LogP contribution in [0.5, 0.6) is 0 Å². The highest BCUT2D eigenvalue weighted by atomic mass is 15.1. The molecule has 1 saturated heterocycles. The zero-order valence-corrected chi connectivity index (χ0v) is 11.4. The van der Waals surface area contributed by atoms with Crippen LogP contribution in [0.25, 0.3) is 5.82 Å². The zero-order valence-electron chi connectivity index (χ0n) is 11.4. The van der Waals surface area contributed by atoms with Gasteiger partial charge >= 0.3 is 0 Å². The molecule has 3 heterocycles. The summed E-state index contributed by atoms with van der Waals surface area (Å²) < 4.78 is 2.06. The minimum atomic E-state index is 0.311. The summed E-state index contributed by atoms with van der Waals surface area (Å²) in [7, 11) is 0. The van der Waals surface area contributed by atoms with E-state index in [1.165, 1.54) is 6.42 Å². The molecule has 0 saturated carbocycles. The van der Waals surface area contributed by atoms with Crippen molar-refractivity contribution in [2.45, 2.75) is 38.6 Å². The lowest BCUT2D eigenvalue weighted by atomic mass is 10.1. The van der Waals surface area contributed by atoms with Crippen LogP contribution in [0, 0.1) is 0 Å². The van der Waals surface area contributed by atoms with E-state index in [9.17, 15) is 0 Å². The smallest absolute Gasteiger partial charge is 0.161 e. The Kier molecular flexibility index (Phi) is 3.29. The molecule has 0 radical (unpaired) electrons. The van der Waals surface area contributed by atoms with E-state index < -0.39 is 0 Å². The Labute approximate surface area is 113 Å². The van der Waals surface area contributed by atoms with Crippen molar-refractivity contribution in [2.24, 2.45) is 0 Å². The topological polar surface area (TPSA) is 55.6 Å². The Morgan fingerprint density at radius 2 is 2.05 bits per heavy atom. The fourth-order valence-electron chi connectivity index (χ4n) is 2.61. The molecule has 1 aliphatic rings. The predicted octanol–water partition coefficient (Wildman–Crippen LogP) is 2.21. The van der Waals surface area contributed by atoms with E-state index in [2.05, 4.69) is 38.7 Å². The van der Waals surface area contributed by atoms with E-state index in [1.54, 1.807) is 12.4 Å². The van der Waals surface area contributed by atoms with Crippen LogP contribution in [0.15, 0.2) is 24.8 Å². The van der Waals surface area contributed by atoms with Crippen molar-refractivity contribution in [1.82, 2.24) is 24.8 Å². The lowest BCUT2D eigenvalue weighted by molar-refractivity contribution is 0.613. The van der Waals surface area contributed by atoms with E-state index in [0.29, 0.717) is 12.0 Å². The van der Waals surface area contributed by atoms with Crippen molar-refractivity contribution in [1.29, 1.82) is 0 Å². The third kappa shape index (κ3) is 2.26. The molecule has 0 aromatic carbocycles. The van der Waals surface area contributed by atoms with E-state index in [0.717, 1.165) is 30.3 Å². The molecule has 1 aliphatic heterocycles. The van der Waals surface area contributed by atoms with Crippen molar-refractivity contribution in [2.75, 3.05) is 6.54 Å². The van der Waals surface area contributed by atoms with Gasteiger partial charge in [-0.15, -0.1) is 0 Å². The highest BCUT2D eigenvalue weighted by Crippen LogP contribution is 2.26. The predicted molar refractivity (Wildman–Crippen MR) is 73.2 cm³/mol. The zero-order chi connectivity index (χ0) is 13.2. The van der Waals surface area contributed by atoms with Crippen molar-refractivity contribution in [3.05, 3.63) is 36.3 Å². The summed E-state index contributed by atoms with van der Waals surface area (Å²) in [5.41, 5.74) is 1.03. The van der Waals surface area contributed by atoms with Gasteiger partial charge in [-0.3, -0.25) is 9.55 Å². The van der Waals surface area contributed by atoms with Crippen LogP contribution in [0.1, 0.15) is 50.2 Å². The van der Waals surface area contributed by atoms with Gasteiger partial charge < -0.3 is 5.32 Å². The molecule has 1 unspecified atom stereocenters. The molecule has 0 aliphatic carbocycles. The van der Waals surface area contributed by atoms with Crippen molar-refractivity contribution in [3.8, 4) is 5.82 Å². The fraction of sp³-hybridized carbons (Fsp3) is 0.500. The van der Waals surface area contributed by atoms with E-state index >= 15 is 0 Å². The molecule has 0 amide bonds. The summed E-state index contributed by atoms with van der Waals surface area (Å²) >= 11 is 0. The Balaban J connectivity index is 2.06. The normalized spacial score (nSPS) is 19.2. The van der Waals surface area contributed by atoms with Crippen LogP contribution in [-0.2, 0) is 0 Å². The maximum absolute atomic E-state index is 4.54. The lowest BCUT2D eigenvalue weighted by Gasteiger charge is -2.16. The molecule has 5 heteroatoms. The molecule has 19 heavy (non-hydrogen) atoms. The molecule has 0 bridgehead atoms. The fourth-order valence-corrected chi connectivity index (χ4v) is 2.61. The average Bonchev–Trinajstić information content (AvgIpc) is 3.10. The number of rotatable bonds is 3. The minimum Gasteiger partial charge on any atom is -0.309 e. The summed E-state index contributed by atoms with van der Waals surface area (Å²) in [6.45, 7) is 5.34. The van der Waals surface area contributed by atoms with Gasteiger partial charge in [0.15, 0.2) is 5.82 Å². The first kappa shape index (κ1) is 12.3. The van der Waals surface area contributed by atoms with Crippen LogP contribution in [0.2, 0.25) is 0 Å². The van der Waals surface area contributed by atoms with Gasteiger partial charge in [-0.1, -0.05) is 13.8 Å². The van der Waals surface area contributed by atoms with Gasteiger partial charge in [0.1, 0.15) is 11.5 Å². The second-order valence-corrected chi connectivity index (χ2v) is 5.22. The quantitative estimate of drug-likeness (QED) is 0.916. The minimum absolute atomic E-state index is 0.311. The molecular formula is C14H19N5. The van der Waals surface area contributed by atoms with Crippen molar-refractivity contribution >= 4 is 0 Å². The molecular weight excluding hydrogens is 238 g/mol. The maximum atomic E-state index is 4.54. The molecule has 2 aromatic heterocycles. The van der Waals surface area contributed by atoms with Gasteiger partial charge in [0.05, 0.1) is 6.04 Å². The first-order chi connectivity index (χ1) is 9.27. The van der Waals surface area contributed by atoms with Crippen molar-refractivity contribution in [3.63, 3.8) is 0 Å². The average molecular weight is 257 g/mol. The molecule has 5 nitrogen and oxygen atoms in total. The van der Waals surface area contributed by atoms with Gasteiger partial charge in [-0.25, -0.2) is 9.97 Å². The number of hydrogen-bond donors (Lipinski definition) is 1. The Hall–Kier alpha value is -1.75. The lowest BCUT2D eigenvalue weighted by Crippen LogP contribution is -2.18. The van der Waals surface area contributed by atoms with Crippen LogP contribution >= 0.6 is 0 Å². The van der Waals surface area contributed by atoms with Crippen molar-refractivity contribution < 1.29 is 0 Å². The third-order valence-electron chi connectivity index (χ3n) is 3.51. The standard InChI is InChI=1S/C14H19N5/c1-10(2)13-18-8-9-19(13)14-12(16-6-7-17-14)11-4-3-5-15-11/h6-11,15H,3-5H2,1-2H3. The molecule has 100 valence electrons. The molecule has 1 atom stereocenters. The first-order valence-corrected chi connectivity index (χ1v) is 6.85. The van der Waals surface area contributed by atoms with Crippen LogP contribution in [0.4, 0.5) is 0 Å². The summed E-state index contributed by atoms with van der Waals surface area (Å²) in [5.74, 6) is 2.30. The summed E-state index contributed by atoms with van der Waals surface area (Å²) in [4.78, 5) is 13.5. The van der Waals surface area contributed by atoms with Gasteiger partial charge in [-0.2, -0.15) is 0 Å². The maximum Gasteiger partial charge on any atom is 0.161 e. The summed E-state index contributed by atoms with van der Waals surface area (Å²) in [6, 6.07) is 0.311. The highest BCUT2D eigenvalue weighted by molar-refractivity contribution is 5.33. The number of nitrogens with one attached hydrogen (secondary N) is 1. The van der Waals surface area contributed by atoms with Crippen LogP contribution in [-0.4, -0.2) is 26.1 Å². The Bertz CT molecular complexity index is 554. The number of aromatic nitrogens is 4. The molecule has 0 spiro atoms. The van der Waals surface area contributed by atoms with E-state index in [1.807, 2.05) is 12.4 Å². The summed E-state index contributed by atoms with van der Waals surface area (Å²) in [6.07, 6.45) is 9.63. The van der Waals surface area contributed by atoms with E-state index in [4.69, 9.17) is 0 Å². The van der Waals surface area contributed by atoms with Gasteiger partial charge in [0.2, 0.25) is 0 Å². The number of nitrogens with zero attached hydrogens (tertiary/aromatic N) is 4. The summed E-state index contributed by atoms with van der Waals surface area (Å²) in [5, 5.41) is 3.49. The first-order valence-electron chi connectivity index (χ1n) is 6.85. The Morgan fingerprint density at radius 1 is 1.21 bits per heavy atom. The SMILES string of the molecule is CC(C)c1nccn1-c1nccnc1C1CCCN1. The largest absolute Gasteiger partial charge is 0.309 e. The highest BCUT2D eigenvalue weighted by Gasteiger charge is 2.23. The molecule has 2 aromatic rings. The Morgan fingerprint density at radius 3 is 2.79 bits per heavy atom. The molecule has 1 fully saturated rings. The molecule has 1 N–H and O–H groups in total. The molecule has 3 rings (SSSR count). The monoisotopic (exact) mass is 257 g/mol. The van der Waals surface area contributed by atoms with Gasteiger partial charge in [0.25, 0.3) is 0 Å². The number of imidazole rings is 1. The van der Waals surface area contributed by atoms with Gasteiger partial charge in [-0.05, 0) is 19.4 Å². The second-order valence-electron chi connectivity index (χ2n) is 5.22. The van der Waals surface area contributed by atoms with Crippen LogP contribution in [0.3, 0.4) is 0 Å². The van der Waals surface area contributed by atoms with Crippen LogP contribution < -0.4 is 5.32 Å². The number of hydrogen-bond acceptors (Lipinski definition) is 4. The van der Waals surface area contributed by atoms with Gasteiger partial charge in [0, 0.05) is 30.7 Å².